The summed E-state index contributed by atoms with van der Waals surface area (Å²) in [6.45, 7) is 4.79. The van der Waals surface area contributed by atoms with Crippen LogP contribution in [0.1, 0.15) is 27.0 Å². The predicted molar refractivity (Wildman–Crippen MR) is 126 cm³/mol. The standard InChI is InChI=1S/C27H26F2N2O3/c28-20-3-8-26(25(29)17-20)30-21-4-6-23-18(15-21)1-2-19-16-22(5-7-24(19)27(23)32)34-14-11-31-9-12-33-13-10-31/h3-8,15-17,30H,1-2,9-14H2. The van der Waals surface area contributed by atoms with Gasteiger partial charge in [-0.2, -0.15) is 0 Å². The maximum Gasteiger partial charge on any atom is 0.193 e. The molecule has 176 valence electrons. The Morgan fingerprint density at radius 1 is 0.912 bits per heavy atom. The molecule has 5 nitrogen and oxygen atoms in total. The Hall–Kier alpha value is -3.29. The van der Waals surface area contributed by atoms with Gasteiger partial charge in [-0.15, -0.1) is 0 Å². The lowest BCUT2D eigenvalue weighted by Crippen LogP contribution is -2.38. The first-order valence-corrected chi connectivity index (χ1v) is 11.5. The van der Waals surface area contributed by atoms with Crippen LogP contribution >= 0.6 is 0 Å². The SMILES string of the molecule is O=C1c2ccc(Nc3ccc(F)cc3F)cc2CCc2cc(OCCN3CCOCC3)ccc21. The molecule has 3 aromatic rings. The van der Waals surface area contributed by atoms with Gasteiger partial charge in [-0.1, -0.05) is 0 Å². The van der Waals surface area contributed by atoms with Crippen molar-refractivity contribution in [2.45, 2.75) is 12.8 Å². The molecular weight excluding hydrogens is 438 g/mol. The van der Waals surface area contributed by atoms with Crippen LogP contribution in [0.25, 0.3) is 0 Å². The highest BCUT2D eigenvalue weighted by Gasteiger charge is 2.22. The molecule has 0 aromatic heterocycles. The monoisotopic (exact) mass is 464 g/mol. The topological polar surface area (TPSA) is 50.8 Å². The highest BCUT2D eigenvalue weighted by molar-refractivity contribution is 6.11. The summed E-state index contributed by atoms with van der Waals surface area (Å²) in [6.07, 6.45) is 1.37. The molecule has 0 amide bonds. The van der Waals surface area contributed by atoms with E-state index < -0.39 is 11.6 Å². The summed E-state index contributed by atoms with van der Waals surface area (Å²) >= 11 is 0. The third kappa shape index (κ3) is 4.95. The molecule has 3 aromatic carbocycles. The molecule has 1 fully saturated rings. The summed E-state index contributed by atoms with van der Waals surface area (Å²) in [5.74, 6) is -0.556. The van der Waals surface area contributed by atoms with Gasteiger partial charge in [0.15, 0.2) is 5.78 Å². The molecule has 1 aliphatic heterocycles. The summed E-state index contributed by atoms with van der Waals surface area (Å²) in [4.78, 5) is 15.6. The molecule has 0 unspecified atom stereocenters. The van der Waals surface area contributed by atoms with Gasteiger partial charge in [0.25, 0.3) is 0 Å². The Kier molecular flexibility index (Phi) is 6.56. The average Bonchev–Trinajstić information content (AvgIpc) is 2.98. The van der Waals surface area contributed by atoms with Crippen molar-refractivity contribution >= 4 is 17.2 Å². The van der Waals surface area contributed by atoms with Crippen molar-refractivity contribution in [3.63, 3.8) is 0 Å². The van der Waals surface area contributed by atoms with Gasteiger partial charge < -0.3 is 14.8 Å². The molecular formula is C27H26F2N2O3. The first kappa shape index (κ1) is 22.5. The van der Waals surface area contributed by atoms with E-state index in [1.54, 1.807) is 12.1 Å². The normalized spacial score (nSPS) is 15.9. The summed E-state index contributed by atoms with van der Waals surface area (Å²) < 4.78 is 38.6. The van der Waals surface area contributed by atoms with E-state index in [0.29, 0.717) is 36.3 Å². The zero-order chi connectivity index (χ0) is 23.5. The smallest absolute Gasteiger partial charge is 0.193 e. The molecule has 34 heavy (non-hydrogen) atoms. The van der Waals surface area contributed by atoms with Gasteiger partial charge in [0.2, 0.25) is 0 Å². The number of nitrogens with zero attached hydrogens (tertiary/aromatic N) is 1. The highest BCUT2D eigenvalue weighted by atomic mass is 19.1. The number of carbonyl (C=O) groups is 1. The van der Waals surface area contributed by atoms with Crippen molar-refractivity contribution in [3.05, 3.63) is 88.5 Å². The van der Waals surface area contributed by atoms with Crippen LogP contribution in [0.5, 0.6) is 5.75 Å². The second-order valence-corrected chi connectivity index (χ2v) is 8.57. The van der Waals surface area contributed by atoms with Crippen LogP contribution in [-0.2, 0) is 17.6 Å². The van der Waals surface area contributed by atoms with E-state index in [1.165, 1.54) is 12.1 Å². The zero-order valence-corrected chi connectivity index (χ0v) is 18.8. The fourth-order valence-electron chi connectivity index (χ4n) is 4.47. The fourth-order valence-corrected chi connectivity index (χ4v) is 4.47. The maximum atomic E-state index is 14.0. The number of anilines is 2. The van der Waals surface area contributed by atoms with Gasteiger partial charge in [-0.05, 0) is 72.5 Å². The van der Waals surface area contributed by atoms with E-state index in [9.17, 15) is 13.6 Å². The minimum atomic E-state index is -0.667. The largest absolute Gasteiger partial charge is 0.492 e. The molecule has 1 heterocycles. The van der Waals surface area contributed by atoms with E-state index in [0.717, 1.165) is 55.8 Å². The lowest BCUT2D eigenvalue weighted by Gasteiger charge is -2.26. The van der Waals surface area contributed by atoms with Crippen LogP contribution in [0.15, 0.2) is 54.6 Å². The van der Waals surface area contributed by atoms with Crippen LogP contribution in [0, 0.1) is 11.6 Å². The molecule has 0 saturated carbocycles. The van der Waals surface area contributed by atoms with Gasteiger partial charge >= 0.3 is 0 Å². The van der Waals surface area contributed by atoms with E-state index in [1.807, 2.05) is 24.3 Å². The Balaban J connectivity index is 1.28. The molecule has 1 saturated heterocycles. The highest BCUT2D eigenvalue weighted by Crippen LogP contribution is 2.30. The molecule has 0 radical (unpaired) electrons. The van der Waals surface area contributed by atoms with E-state index in [-0.39, 0.29) is 11.5 Å². The summed E-state index contributed by atoms with van der Waals surface area (Å²) in [6, 6.07) is 14.4. The summed E-state index contributed by atoms with van der Waals surface area (Å²) in [5, 5.41) is 2.98. The molecule has 1 aliphatic carbocycles. The minimum Gasteiger partial charge on any atom is -0.492 e. The number of aryl methyl sites for hydroxylation is 2. The van der Waals surface area contributed by atoms with Crippen molar-refractivity contribution in [2.75, 3.05) is 44.8 Å². The van der Waals surface area contributed by atoms with Crippen molar-refractivity contribution in [3.8, 4) is 5.75 Å². The van der Waals surface area contributed by atoms with Crippen molar-refractivity contribution in [1.82, 2.24) is 4.90 Å². The Labute approximate surface area is 197 Å². The minimum absolute atomic E-state index is 0.0260. The second kappa shape index (κ2) is 9.91. The predicted octanol–water partition coefficient (Wildman–Crippen LogP) is 4.75. The van der Waals surface area contributed by atoms with Gasteiger partial charge in [-0.3, -0.25) is 9.69 Å². The van der Waals surface area contributed by atoms with Crippen molar-refractivity contribution < 1.29 is 23.0 Å². The van der Waals surface area contributed by atoms with Crippen LogP contribution in [0.3, 0.4) is 0 Å². The number of ketones is 1. The molecule has 7 heteroatoms. The van der Waals surface area contributed by atoms with E-state index in [2.05, 4.69) is 10.2 Å². The molecule has 0 atom stereocenters. The number of benzene rings is 3. The summed E-state index contributed by atoms with van der Waals surface area (Å²) in [7, 11) is 0. The van der Waals surface area contributed by atoms with Gasteiger partial charge in [-0.25, -0.2) is 8.78 Å². The number of carbonyl (C=O) groups excluding carboxylic acids is 1. The number of morpholine rings is 1. The van der Waals surface area contributed by atoms with Gasteiger partial charge in [0.1, 0.15) is 24.0 Å². The number of ether oxygens (including phenoxy) is 2. The first-order valence-electron chi connectivity index (χ1n) is 11.5. The lowest BCUT2D eigenvalue weighted by molar-refractivity contribution is 0.0322. The van der Waals surface area contributed by atoms with Gasteiger partial charge in [0.05, 0.1) is 18.9 Å². The molecule has 5 rings (SSSR count). The van der Waals surface area contributed by atoms with Crippen LogP contribution in [0.4, 0.5) is 20.2 Å². The Bertz CT molecular complexity index is 1210. The number of hydrogen-bond acceptors (Lipinski definition) is 5. The van der Waals surface area contributed by atoms with Gasteiger partial charge in [0, 0.05) is 42.5 Å². The third-order valence-corrected chi connectivity index (χ3v) is 6.32. The van der Waals surface area contributed by atoms with Crippen LogP contribution < -0.4 is 10.1 Å². The number of rotatable bonds is 6. The molecule has 0 bridgehead atoms. The third-order valence-electron chi connectivity index (χ3n) is 6.32. The molecule has 0 spiro atoms. The number of fused-ring (bicyclic) bond motifs is 2. The summed E-state index contributed by atoms with van der Waals surface area (Å²) in [5.41, 5.74) is 4.01. The van der Waals surface area contributed by atoms with Crippen molar-refractivity contribution in [2.24, 2.45) is 0 Å². The maximum absolute atomic E-state index is 14.0. The van der Waals surface area contributed by atoms with E-state index in [4.69, 9.17) is 9.47 Å². The van der Waals surface area contributed by atoms with Crippen molar-refractivity contribution in [1.29, 1.82) is 0 Å². The zero-order valence-electron chi connectivity index (χ0n) is 18.8. The Morgan fingerprint density at radius 2 is 1.65 bits per heavy atom. The van der Waals surface area contributed by atoms with Crippen LogP contribution in [-0.4, -0.2) is 50.1 Å². The fraction of sp³-hybridized carbons (Fsp3) is 0.296. The number of halogens is 2. The van der Waals surface area contributed by atoms with Crippen LogP contribution in [0.2, 0.25) is 0 Å². The molecule has 2 aliphatic rings. The quantitative estimate of drug-likeness (QED) is 0.571. The first-order chi connectivity index (χ1) is 16.6. The average molecular weight is 465 g/mol. The number of hydrogen-bond donors (Lipinski definition) is 1. The number of nitrogens with one attached hydrogen (secondary N) is 1. The second-order valence-electron chi connectivity index (χ2n) is 8.57. The Morgan fingerprint density at radius 3 is 2.41 bits per heavy atom. The lowest BCUT2D eigenvalue weighted by atomic mass is 9.98. The molecule has 1 N–H and O–H groups in total. The van der Waals surface area contributed by atoms with E-state index >= 15 is 0 Å².